The molecule has 2 atom stereocenters. The molecule has 2 heterocycles. The Kier molecular flexibility index (Phi) is 4.71. The minimum absolute atomic E-state index is 0. The van der Waals surface area contributed by atoms with Crippen molar-refractivity contribution in [3.05, 3.63) is 29.3 Å². The van der Waals surface area contributed by atoms with E-state index in [0.717, 1.165) is 32.5 Å². The van der Waals surface area contributed by atoms with Gasteiger partial charge in [0.15, 0.2) is 0 Å². The van der Waals surface area contributed by atoms with E-state index in [1.165, 1.54) is 16.8 Å². The van der Waals surface area contributed by atoms with Gasteiger partial charge in [-0.25, -0.2) is 0 Å². The number of fused-ring (bicyclic) bond motifs is 1. The Bertz CT molecular complexity index is 438. The van der Waals surface area contributed by atoms with Gasteiger partial charge < -0.3 is 10.4 Å². The van der Waals surface area contributed by atoms with Gasteiger partial charge in [-0.05, 0) is 43.4 Å². The van der Waals surface area contributed by atoms with E-state index >= 15 is 0 Å². The molecule has 3 nitrogen and oxygen atoms in total. The average Bonchev–Trinajstić information content (AvgIpc) is 2.98. The van der Waals surface area contributed by atoms with Crippen LogP contribution < -0.4 is 5.32 Å². The maximum Gasteiger partial charge on any atom is 0.0474 e. The van der Waals surface area contributed by atoms with Crippen molar-refractivity contribution in [3.8, 4) is 0 Å². The zero-order valence-electron chi connectivity index (χ0n) is 11.4. The van der Waals surface area contributed by atoms with E-state index in [1.807, 2.05) is 0 Å². The Morgan fingerprint density at radius 2 is 2.26 bits per heavy atom. The summed E-state index contributed by atoms with van der Waals surface area (Å²) in [4.78, 5) is 2.50. The summed E-state index contributed by atoms with van der Waals surface area (Å²) < 4.78 is 0. The van der Waals surface area contributed by atoms with E-state index in [9.17, 15) is 5.11 Å². The third-order valence-corrected chi connectivity index (χ3v) is 4.59. The van der Waals surface area contributed by atoms with Gasteiger partial charge in [-0.3, -0.25) is 4.90 Å². The predicted octanol–water partition coefficient (Wildman–Crippen LogP) is 2.28. The van der Waals surface area contributed by atoms with E-state index in [4.69, 9.17) is 0 Å². The van der Waals surface area contributed by atoms with Crippen LogP contribution in [0.15, 0.2) is 18.2 Å². The molecule has 0 saturated carbocycles. The van der Waals surface area contributed by atoms with Crippen LogP contribution in [0, 0.1) is 5.92 Å². The third-order valence-electron chi connectivity index (χ3n) is 4.59. The molecule has 0 amide bonds. The van der Waals surface area contributed by atoms with Crippen molar-refractivity contribution in [2.75, 3.05) is 25.0 Å². The van der Waals surface area contributed by atoms with Crippen LogP contribution in [-0.2, 0) is 13.0 Å². The summed E-state index contributed by atoms with van der Waals surface area (Å²) in [6, 6.07) is 7.12. The minimum atomic E-state index is 0. The van der Waals surface area contributed by atoms with E-state index in [-0.39, 0.29) is 12.4 Å². The van der Waals surface area contributed by atoms with Crippen LogP contribution in [0.4, 0.5) is 5.69 Å². The fraction of sp³-hybridized carbons (Fsp3) is 0.600. The lowest BCUT2D eigenvalue weighted by Crippen LogP contribution is -2.30. The van der Waals surface area contributed by atoms with Crippen molar-refractivity contribution in [1.29, 1.82) is 0 Å². The minimum Gasteiger partial charge on any atom is -0.396 e. The van der Waals surface area contributed by atoms with Crippen LogP contribution in [0.1, 0.15) is 24.5 Å². The maximum atomic E-state index is 9.34. The number of halogens is 1. The molecule has 19 heavy (non-hydrogen) atoms. The summed E-state index contributed by atoms with van der Waals surface area (Å²) in [5, 5.41) is 12.8. The van der Waals surface area contributed by atoms with E-state index in [2.05, 4.69) is 35.3 Å². The van der Waals surface area contributed by atoms with Gasteiger partial charge >= 0.3 is 0 Å². The Hall–Kier alpha value is -0.770. The van der Waals surface area contributed by atoms with Gasteiger partial charge in [0.05, 0.1) is 0 Å². The molecule has 1 aromatic carbocycles. The molecule has 1 fully saturated rings. The maximum absolute atomic E-state index is 9.34. The Labute approximate surface area is 121 Å². The fourth-order valence-electron chi connectivity index (χ4n) is 3.30. The van der Waals surface area contributed by atoms with Crippen molar-refractivity contribution < 1.29 is 5.11 Å². The van der Waals surface area contributed by atoms with E-state index in [1.54, 1.807) is 0 Å². The molecule has 0 aromatic heterocycles. The molecule has 2 aliphatic heterocycles. The highest BCUT2D eigenvalue weighted by Gasteiger charge is 2.30. The van der Waals surface area contributed by atoms with Gasteiger partial charge in [-0.2, -0.15) is 0 Å². The zero-order valence-corrected chi connectivity index (χ0v) is 12.2. The number of hydrogen-bond acceptors (Lipinski definition) is 3. The number of hydrogen-bond donors (Lipinski definition) is 2. The zero-order chi connectivity index (χ0) is 12.5. The molecule has 2 N–H and O–H groups in total. The van der Waals surface area contributed by atoms with E-state index in [0.29, 0.717) is 18.6 Å². The predicted molar refractivity (Wildman–Crippen MR) is 80.9 cm³/mol. The monoisotopic (exact) mass is 282 g/mol. The molecular weight excluding hydrogens is 260 g/mol. The number of para-hydroxylation sites is 1. The van der Waals surface area contributed by atoms with Crippen LogP contribution in [-0.4, -0.2) is 35.7 Å². The van der Waals surface area contributed by atoms with Gasteiger partial charge in [0.1, 0.15) is 0 Å². The topological polar surface area (TPSA) is 35.5 Å². The molecule has 3 rings (SSSR count). The first-order valence-electron chi connectivity index (χ1n) is 6.99. The molecule has 2 unspecified atom stereocenters. The highest BCUT2D eigenvalue weighted by atomic mass is 35.5. The number of nitrogens with one attached hydrogen (secondary N) is 1. The number of aliphatic hydroxyl groups excluding tert-OH is 1. The molecule has 0 bridgehead atoms. The normalized spacial score (nSPS) is 25.8. The number of anilines is 1. The molecule has 1 aromatic rings. The van der Waals surface area contributed by atoms with Crippen molar-refractivity contribution in [2.24, 2.45) is 5.92 Å². The van der Waals surface area contributed by atoms with Crippen LogP contribution in [0.3, 0.4) is 0 Å². The summed E-state index contributed by atoms with van der Waals surface area (Å²) in [5.74, 6) is 0.453. The van der Waals surface area contributed by atoms with Gasteiger partial charge in [0, 0.05) is 31.4 Å². The summed E-state index contributed by atoms with van der Waals surface area (Å²) in [7, 11) is 0. The highest BCUT2D eigenvalue weighted by molar-refractivity contribution is 5.85. The fourth-order valence-corrected chi connectivity index (χ4v) is 3.30. The molecular formula is C15H23ClN2O. The molecule has 2 aliphatic rings. The van der Waals surface area contributed by atoms with Crippen LogP contribution >= 0.6 is 12.4 Å². The van der Waals surface area contributed by atoms with Crippen LogP contribution in [0.25, 0.3) is 0 Å². The highest BCUT2D eigenvalue weighted by Crippen LogP contribution is 2.31. The number of aliphatic hydroxyl groups is 1. The van der Waals surface area contributed by atoms with Crippen molar-refractivity contribution in [1.82, 2.24) is 4.90 Å². The number of rotatable bonds is 3. The summed E-state index contributed by atoms with van der Waals surface area (Å²) in [6.45, 7) is 5.75. The number of nitrogens with zero attached hydrogens (tertiary/aromatic N) is 1. The third kappa shape index (κ3) is 2.73. The van der Waals surface area contributed by atoms with Gasteiger partial charge in [-0.15, -0.1) is 12.4 Å². The smallest absolute Gasteiger partial charge is 0.0474 e. The number of benzene rings is 1. The molecule has 0 radical (unpaired) electrons. The Morgan fingerprint density at radius 3 is 3.00 bits per heavy atom. The second-order valence-electron chi connectivity index (χ2n) is 5.57. The molecule has 0 spiro atoms. The van der Waals surface area contributed by atoms with Crippen molar-refractivity contribution >= 4 is 18.1 Å². The Balaban J connectivity index is 0.00000133. The first kappa shape index (κ1) is 14.6. The van der Waals surface area contributed by atoms with Crippen LogP contribution in [0.5, 0.6) is 0 Å². The standard InChI is InChI=1S/C15H22N2O.ClH/c1-11-14(10-18)6-8-17(11)9-13-4-2-3-12-5-7-16-15(12)13;/h2-4,11,14,16,18H,5-10H2,1H3;1H. The number of likely N-dealkylation sites (tertiary alicyclic amines) is 1. The van der Waals surface area contributed by atoms with Crippen LogP contribution in [0.2, 0.25) is 0 Å². The molecule has 1 saturated heterocycles. The van der Waals surface area contributed by atoms with Gasteiger partial charge in [0.2, 0.25) is 0 Å². The first-order chi connectivity index (χ1) is 8.79. The largest absolute Gasteiger partial charge is 0.396 e. The summed E-state index contributed by atoms with van der Waals surface area (Å²) in [5.41, 5.74) is 4.23. The van der Waals surface area contributed by atoms with Gasteiger partial charge in [0.25, 0.3) is 0 Å². The molecule has 0 aliphatic carbocycles. The quantitative estimate of drug-likeness (QED) is 0.893. The lowest BCUT2D eigenvalue weighted by Gasteiger charge is -2.24. The van der Waals surface area contributed by atoms with Crippen molar-refractivity contribution in [3.63, 3.8) is 0 Å². The van der Waals surface area contributed by atoms with Crippen molar-refractivity contribution in [2.45, 2.75) is 32.4 Å². The first-order valence-corrected chi connectivity index (χ1v) is 6.99. The second-order valence-corrected chi connectivity index (χ2v) is 5.57. The molecule has 4 heteroatoms. The second kappa shape index (κ2) is 6.12. The lowest BCUT2D eigenvalue weighted by molar-refractivity contribution is 0.173. The molecule has 106 valence electrons. The lowest BCUT2D eigenvalue weighted by atomic mass is 10.0. The van der Waals surface area contributed by atoms with E-state index < -0.39 is 0 Å². The SMILES string of the molecule is CC1C(CO)CCN1Cc1cccc2c1NCC2.Cl. The summed E-state index contributed by atoms with van der Waals surface area (Å²) in [6.07, 6.45) is 2.28. The average molecular weight is 283 g/mol. The van der Waals surface area contributed by atoms with Gasteiger partial charge in [-0.1, -0.05) is 18.2 Å². The Morgan fingerprint density at radius 1 is 1.42 bits per heavy atom. The summed E-state index contributed by atoms with van der Waals surface area (Å²) >= 11 is 0.